The lowest BCUT2D eigenvalue weighted by atomic mass is 10.0. The molecule has 11 nitrogen and oxygen atoms in total. The van der Waals surface area contributed by atoms with Crippen LogP contribution >= 0.6 is 0 Å². The SMILES string of the molecule is Cc1cccc(CN(C(=O)c2ccc(Nc3ncc(C(N)=O)c(NC(C)C(C)C)n3)cc2OS(C)(=O)=O)C2CC2)c1C. The molecule has 0 saturated heterocycles. The molecule has 0 spiro atoms. The number of carbonyl (C=O) groups excluding carboxylic acids is 2. The molecular formula is C30H38N6O5S. The van der Waals surface area contributed by atoms with Crippen LogP contribution in [0.25, 0.3) is 0 Å². The Morgan fingerprint density at radius 1 is 1.12 bits per heavy atom. The van der Waals surface area contributed by atoms with Crippen LogP contribution in [-0.2, 0) is 16.7 Å². The molecule has 4 N–H and O–H groups in total. The molecule has 1 aliphatic rings. The zero-order valence-electron chi connectivity index (χ0n) is 24.8. The number of aromatic nitrogens is 2. The fraction of sp³-hybridized carbons (Fsp3) is 0.400. The molecule has 0 bridgehead atoms. The van der Waals surface area contributed by atoms with Crippen LogP contribution in [0.1, 0.15) is 71.0 Å². The van der Waals surface area contributed by atoms with Gasteiger partial charge < -0.3 is 25.5 Å². The number of anilines is 3. The summed E-state index contributed by atoms with van der Waals surface area (Å²) in [5.74, 6) is -0.445. The van der Waals surface area contributed by atoms with Gasteiger partial charge in [0.1, 0.15) is 5.82 Å². The van der Waals surface area contributed by atoms with E-state index in [1.165, 1.54) is 18.3 Å². The number of primary amides is 1. The zero-order chi connectivity index (χ0) is 30.8. The summed E-state index contributed by atoms with van der Waals surface area (Å²) >= 11 is 0. The second-order valence-electron chi connectivity index (χ2n) is 11.1. The minimum Gasteiger partial charge on any atom is -0.382 e. The van der Waals surface area contributed by atoms with E-state index in [9.17, 15) is 18.0 Å². The van der Waals surface area contributed by atoms with Gasteiger partial charge in [0.25, 0.3) is 11.8 Å². The van der Waals surface area contributed by atoms with Crippen molar-refractivity contribution in [3.8, 4) is 5.75 Å². The Morgan fingerprint density at radius 3 is 2.45 bits per heavy atom. The molecule has 2 aromatic carbocycles. The van der Waals surface area contributed by atoms with Gasteiger partial charge in [0.05, 0.1) is 17.4 Å². The van der Waals surface area contributed by atoms with E-state index in [2.05, 4.69) is 20.6 Å². The number of nitrogens with two attached hydrogens (primary N) is 1. The second kappa shape index (κ2) is 12.4. The first kappa shape index (κ1) is 30.8. The molecule has 1 aromatic heterocycles. The first-order valence-corrected chi connectivity index (χ1v) is 15.6. The van der Waals surface area contributed by atoms with E-state index in [4.69, 9.17) is 9.92 Å². The topological polar surface area (TPSA) is 157 Å². The number of rotatable bonds is 12. The summed E-state index contributed by atoms with van der Waals surface area (Å²) in [5, 5.41) is 6.20. The van der Waals surface area contributed by atoms with Gasteiger partial charge in [0, 0.05) is 36.6 Å². The summed E-state index contributed by atoms with van der Waals surface area (Å²) in [7, 11) is -3.96. The maximum Gasteiger partial charge on any atom is 0.306 e. The van der Waals surface area contributed by atoms with Gasteiger partial charge in [0.2, 0.25) is 5.95 Å². The molecule has 0 aliphatic heterocycles. The van der Waals surface area contributed by atoms with E-state index in [0.717, 1.165) is 35.8 Å². The van der Waals surface area contributed by atoms with Crippen molar-refractivity contribution in [3.63, 3.8) is 0 Å². The van der Waals surface area contributed by atoms with Crippen molar-refractivity contribution in [3.05, 3.63) is 70.4 Å². The summed E-state index contributed by atoms with van der Waals surface area (Å²) in [6, 6.07) is 10.6. The highest BCUT2D eigenvalue weighted by molar-refractivity contribution is 7.86. The van der Waals surface area contributed by atoms with Crippen molar-refractivity contribution in [2.24, 2.45) is 11.7 Å². The molecule has 42 heavy (non-hydrogen) atoms. The quantitative estimate of drug-likeness (QED) is 0.256. The number of carbonyl (C=O) groups is 2. The third-order valence-corrected chi connectivity index (χ3v) is 7.92. The Bertz CT molecular complexity index is 1600. The predicted octanol–water partition coefficient (Wildman–Crippen LogP) is 4.54. The standard InChI is InChI=1S/C30H38N6O5S/c1-17(2)20(5)33-28-25(27(31)37)15-32-30(35-28)34-22-10-13-24(26(14-22)41-42(6,39)40)29(38)36(23-11-12-23)16-21-9-7-8-18(3)19(21)4/h7-10,13-15,17,20,23H,11-12,16H2,1-6H3,(H2,31,37)(H2,32,33,34,35). The van der Waals surface area contributed by atoms with Crippen LogP contribution in [0.3, 0.4) is 0 Å². The molecule has 224 valence electrons. The Hall–Kier alpha value is -4.19. The molecule has 4 rings (SSSR count). The van der Waals surface area contributed by atoms with Crippen LogP contribution in [0, 0.1) is 19.8 Å². The minimum absolute atomic E-state index is 0.0103. The fourth-order valence-corrected chi connectivity index (χ4v) is 4.79. The van der Waals surface area contributed by atoms with Crippen LogP contribution < -0.4 is 20.6 Å². The molecule has 3 aromatic rings. The average Bonchev–Trinajstić information content (AvgIpc) is 3.74. The van der Waals surface area contributed by atoms with Crippen molar-refractivity contribution in [1.82, 2.24) is 14.9 Å². The van der Waals surface area contributed by atoms with Gasteiger partial charge in [-0.1, -0.05) is 32.0 Å². The van der Waals surface area contributed by atoms with Crippen molar-refractivity contribution in [2.75, 3.05) is 16.9 Å². The number of benzene rings is 2. The van der Waals surface area contributed by atoms with Crippen LogP contribution in [0.2, 0.25) is 0 Å². The number of hydrogen-bond donors (Lipinski definition) is 3. The molecule has 2 amide bonds. The van der Waals surface area contributed by atoms with Gasteiger partial charge >= 0.3 is 10.1 Å². The minimum atomic E-state index is -3.96. The Balaban J connectivity index is 1.66. The Kier molecular flexibility index (Phi) is 9.05. The summed E-state index contributed by atoms with van der Waals surface area (Å²) in [6.45, 7) is 10.5. The number of amides is 2. The normalized spacial score (nSPS) is 13.9. The molecule has 1 unspecified atom stereocenters. The highest BCUT2D eigenvalue weighted by Crippen LogP contribution is 2.34. The van der Waals surface area contributed by atoms with Crippen molar-refractivity contribution in [1.29, 1.82) is 0 Å². The van der Waals surface area contributed by atoms with Crippen molar-refractivity contribution >= 4 is 39.4 Å². The van der Waals surface area contributed by atoms with Crippen molar-refractivity contribution < 1.29 is 22.2 Å². The molecule has 12 heteroatoms. The van der Waals surface area contributed by atoms with E-state index in [-0.39, 0.29) is 52.6 Å². The summed E-state index contributed by atoms with van der Waals surface area (Å²) in [5.41, 5.74) is 9.45. The molecule has 1 atom stereocenters. The molecule has 1 saturated carbocycles. The van der Waals surface area contributed by atoms with Crippen LogP contribution in [0.5, 0.6) is 5.75 Å². The smallest absolute Gasteiger partial charge is 0.306 e. The first-order chi connectivity index (χ1) is 19.7. The third kappa shape index (κ3) is 7.55. The van der Waals surface area contributed by atoms with Gasteiger partial charge in [-0.15, -0.1) is 0 Å². The summed E-state index contributed by atoms with van der Waals surface area (Å²) in [4.78, 5) is 36.2. The lowest BCUT2D eigenvalue weighted by Gasteiger charge is -2.25. The van der Waals surface area contributed by atoms with Crippen LogP contribution in [0.15, 0.2) is 42.6 Å². The van der Waals surface area contributed by atoms with Gasteiger partial charge in [0.15, 0.2) is 5.75 Å². The Morgan fingerprint density at radius 2 is 1.83 bits per heavy atom. The molecular weight excluding hydrogens is 556 g/mol. The monoisotopic (exact) mass is 594 g/mol. The number of nitrogens with zero attached hydrogens (tertiary/aromatic N) is 3. The summed E-state index contributed by atoms with van der Waals surface area (Å²) < 4.78 is 29.7. The van der Waals surface area contributed by atoms with E-state index in [0.29, 0.717) is 12.2 Å². The number of hydrogen-bond acceptors (Lipinski definition) is 9. The average molecular weight is 595 g/mol. The Labute approximate surface area is 247 Å². The molecule has 1 aliphatic carbocycles. The van der Waals surface area contributed by atoms with Crippen LogP contribution in [-0.4, -0.2) is 53.4 Å². The molecule has 1 heterocycles. The van der Waals surface area contributed by atoms with Gasteiger partial charge in [-0.05, 0) is 68.4 Å². The van der Waals surface area contributed by atoms with Crippen LogP contribution in [0.4, 0.5) is 17.5 Å². The summed E-state index contributed by atoms with van der Waals surface area (Å²) in [6.07, 6.45) is 4.00. The van der Waals surface area contributed by atoms with Crippen molar-refractivity contribution in [2.45, 2.75) is 66.1 Å². The number of aryl methyl sites for hydroxylation is 1. The highest BCUT2D eigenvalue weighted by atomic mass is 32.2. The maximum atomic E-state index is 13.9. The highest BCUT2D eigenvalue weighted by Gasteiger charge is 2.35. The van der Waals surface area contributed by atoms with Gasteiger partial charge in [-0.2, -0.15) is 13.4 Å². The number of nitrogens with one attached hydrogen (secondary N) is 2. The van der Waals surface area contributed by atoms with E-state index < -0.39 is 16.0 Å². The third-order valence-electron chi connectivity index (χ3n) is 7.43. The molecule has 0 radical (unpaired) electrons. The van der Waals surface area contributed by atoms with E-state index in [1.807, 2.05) is 52.8 Å². The lowest BCUT2D eigenvalue weighted by molar-refractivity contribution is 0.0727. The van der Waals surface area contributed by atoms with E-state index in [1.54, 1.807) is 11.0 Å². The molecule has 1 fully saturated rings. The first-order valence-electron chi connectivity index (χ1n) is 13.8. The van der Waals surface area contributed by atoms with Gasteiger partial charge in [-0.25, -0.2) is 4.98 Å². The second-order valence-corrected chi connectivity index (χ2v) is 12.7. The van der Waals surface area contributed by atoms with E-state index >= 15 is 0 Å². The van der Waals surface area contributed by atoms with Gasteiger partial charge in [-0.3, -0.25) is 9.59 Å². The lowest BCUT2D eigenvalue weighted by Crippen LogP contribution is -2.33. The maximum absolute atomic E-state index is 13.9. The zero-order valence-corrected chi connectivity index (χ0v) is 25.6. The predicted molar refractivity (Wildman–Crippen MR) is 162 cm³/mol. The fourth-order valence-electron chi connectivity index (χ4n) is 4.33. The largest absolute Gasteiger partial charge is 0.382 e.